The Balaban J connectivity index is 3.32. The smallest absolute Gasteiger partial charge is 0.341 e. The minimum Gasteiger partial charge on any atom is -0.540 e. The predicted molar refractivity (Wildman–Crippen MR) is 56.3 cm³/mol. The molecule has 0 bridgehead atoms. The third kappa shape index (κ3) is 2.13. The molecule has 0 aliphatic carbocycles. The molecular weight excluding hydrogens is 176 g/mol. The highest BCUT2D eigenvalue weighted by molar-refractivity contribution is 6.00. The van der Waals surface area contributed by atoms with Crippen LogP contribution in [0.1, 0.15) is 31.9 Å². The Morgan fingerprint density at radius 2 is 1.85 bits per heavy atom. The van der Waals surface area contributed by atoms with E-state index in [9.17, 15) is 0 Å². The molecule has 0 unspecified atom stereocenters. The van der Waals surface area contributed by atoms with Crippen molar-refractivity contribution in [3.8, 4) is 5.75 Å². The largest absolute Gasteiger partial charge is 0.540 e. The van der Waals surface area contributed by atoms with Crippen LogP contribution in [0, 0.1) is 6.92 Å². The molecule has 0 heterocycles. The molecule has 0 amide bonds. The molecule has 1 aromatic rings. The summed E-state index contributed by atoms with van der Waals surface area (Å²) >= 11 is 0. The molecular formula is C11H15OSi. The van der Waals surface area contributed by atoms with Gasteiger partial charge in [-0.05, 0) is 24.0 Å². The van der Waals surface area contributed by atoms with Gasteiger partial charge in [-0.1, -0.05) is 32.9 Å². The van der Waals surface area contributed by atoms with Crippen LogP contribution in [0.4, 0.5) is 0 Å². The maximum atomic E-state index is 5.16. The first-order chi connectivity index (χ1) is 5.96. The molecule has 0 atom stereocenters. The minimum absolute atomic E-state index is 0.118. The van der Waals surface area contributed by atoms with Gasteiger partial charge in [0.2, 0.25) is 0 Å². The van der Waals surface area contributed by atoms with E-state index in [4.69, 9.17) is 4.43 Å². The third-order valence-corrected chi connectivity index (χ3v) is 2.31. The molecule has 2 heteroatoms. The summed E-state index contributed by atoms with van der Waals surface area (Å²) in [6, 6.07) is 6.08. The average Bonchev–Trinajstić information content (AvgIpc) is 2.01. The van der Waals surface area contributed by atoms with Crippen LogP contribution < -0.4 is 4.43 Å². The summed E-state index contributed by atoms with van der Waals surface area (Å²) < 4.78 is 5.16. The molecule has 0 saturated heterocycles. The fraction of sp³-hybridized carbons (Fsp3) is 0.455. The zero-order valence-corrected chi connectivity index (χ0v) is 9.64. The zero-order valence-electron chi connectivity index (χ0n) is 8.64. The second kappa shape index (κ2) is 3.54. The van der Waals surface area contributed by atoms with Gasteiger partial charge in [-0.3, -0.25) is 0 Å². The molecule has 0 saturated carbocycles. The van der Waals surface area contributed by atoms with Crippen molar-refractivity contribution in [3.63, 3.8) is 0 Å². The summed E-state index contributed by atoms with van der Waals surface area (Å²) in [7, 11) is 3.08. The van der Waals surface area contributed by atoms with E-state index in [0.717, 1.165) is 5.75 Å². The average molecular weight is 191 g/mol. The van der Waals surface area contributed by atoms with E-state index < -0.39 is 0 Å². The molecule has 0 aliphatic rings. The van der Waals surface area contributed by atoms with Crippen LogP contribution in [0.3, 0.4) is 0 Å². The van der Waals surface area contributed by atoms with E-state index in [1.165, 1.54) is 11.1 Å². The van der Waals surface area contributed by atoms with E-state index in [2.05, 4.69) is 44.2 Å². The Kier molecular flexibility index (Phi) is 2.81. The molecule has 69 valence electrons. The predicted octanol–water partition coefficient (Wildman–Crippen LogP) is 2.75. The van der Waals surface area contributed by atoms with Crippen LogP contribution in [0.5, 0.6) is 5.75 Å². The van der Waals surface area contributed by atoms with Gasteiger partial charge in [0, 0.05) is 5.56 Å². The Labute approximate surface area is 83.7 Å². The monoisotopic (exact) mass is 191 g/mol. The first-order valence-electron chi connectivity index (χ1n) is 4.40. The van der Waals surface area contributed by atoms with Gasteiger partial charge in [-0.2, -0.15) is 0 Å². The Morgan fingerprint density at radius 3 is 2.23 bits per heavy atom. The maximum absolute atomic E-state index is 5.16. The molecule has 0 aliphatic heterocycles. The van der Waals surface area contributed by atoms with Gasteiger partial charge >= 0.3 is 10.5 Å². The quantitative estimate of drug-likeness (QED) is 0.620. The van der Waals surface area contributed by atoms with E-state index >= 15 is 0 Å². The van der Waals surface area contributed by atoms with Crippen LogP contribution in [0.25, 0.3) is 0 Å². The first kappa shape index (κ1) is 10.3. The summed E-state index contributed by atoms with van der Waals surface area (Å²) in [5.41, 5.74) is 2.64. The van der Waals surface area contributed by atoms with Crippen LogP contribution in [0.2, 0.25) is 0 Å². The Morgan fingerprint density at radius 1 is 1.23 bits per heavy atom. The summed E-state index contributed by atoms with van der Waals surface area (Å²) in [6.07, 6.45) is 0. The molecule has 1 nitrogen and oxygen atoms in total. The minimum atomic E-state index is 0.118. The highest BCUT2D eigenvalue weighted by atomic mass is 28.2. The normalized spacial score (nSPS) is 11.5. The lowest BCUT2D eigenvalue weighted by Gasteiger charge is -2.24. The van der Waals surface area contributed by atoms with Crippen LogP contribution >= 0.6 is 0 Å². The fourth-order valence-electron chi connectivity index (χ4n) is 1.69. The highest BCUT2D eigenvalue weighted by Gasteiger charge is 2.20. The Bertz CT molecular complexity index is 299. The summed E-state index contributed by atoms with van der Waals surface area (Å²) in [6.45, 7) is 8.66. The second-order valence-corrected chi connectivity index (χ2v) is 4.50. The topological polar surface area (TPSA) is 9.23 Å². The lowest BCUT2D eigenvalue weighted by molar-refractivity contribution is 0.532. The summed E-state index contributed by atoms with van der Waals surface area (Å²) in [4.78, 5) is 0. The van der Waals surface area contributed by atoms with Gasteiger partial charge in [0.1, 0.15) is 5.75 Å². The molecule has 0 N–H and O–H groups in total. The molecule has 3 radical (unpaired) electrons. The van der Waals surface area contributed by atoms with Gasteiger partial charge in [-0.25, -0.2) is 0 Å². The molecule has 0 spiro atoms. The highest BCUT2D eigenvalue weighted by Crippen LogP contribution is 2.33. The number of aryl methyl sites for hydroxylation is 1. The third-order valence-electron chi connectivity index (χ3n) is 2.09. The van der Waals surface area contributed by atoms with Crippen molar-refractivity contribution >= 4 is 10.5 Å². The lowest BCUT2D eigenvalue weighted by atomic mass is 9.83. The molecule has 0 fully saturated rings. The van der Waals surface area contributed by atoms with Crippen molar-refractivity contribution in [3.05, 3.63) is 29.3 Å². The SMILES string of the molecule is Cc1cccc(O[Si])c1C(C)(C)C. The summed E-state index contributed by atoms with van der Waals surface area (Å²) in [5.74, 6) is 0.907. The van der Waals surface area contributed by atoms with Crippen molar-refractivity contribution in [2.24, 2.45) is 0 Å². The van der Waals surface area contributed by atoms with E-state index in [0.29, 0.717) is 0 Å². The Hall–Kier alpha value is -0.763. The molecule has 0 aromatic heterocycles. The number of hydrogen-bond acceptors (Lipinski definition) is 1. The van der Waals surface area contributed by atoms with Gasteiger partial charge in [-0.15, -0.1) is 0 Å². The van der Waals surface area contributed by atoms with E-state index in [1.54, 1.807) is 0 Å². The van der Waals surface area contributed by atoms with Crippen molar-refractivity contribution in [2.45, 2.75) is 33.1 Å². The fourth-order valence-corrected chi connectivity index (χ4v) is 1.86. The molecule has 1 rings (SSSR count). The van der Waals surface area contributed by atoms with Gasteiger partial charge in [0.15, 0.2) is 0 Å². The van der Waals surface area contributed by atoms with Crippen LogP contribution in [0.15, 0.2) is 18.2 Å². The standard InChI is InChI=1S/C11H15OSi/c1-8-6-5-7-9(12-13)10(8)11(2,3)4/h5-7H,1-4H3. The first-order valence-corrected chi connectivity index (χ1v) is 4.81. The van der Waals surface area contributed by atoms with Crippen LogP contribution in [-0.2, 0) is 5.41 Å². The van der Waals surface area contributed by atoms with E-state index in [1.807, 2.05) is 12.1 Å². The van der Waals surface area contributed by atoms with Crippen molar-refractivity contribution in [2.75, 3.05) is 0 Å². The maximum Gasteiger partial charge on any atom is 0.341 e. The number of hydrogen-bond donors (Lipinski definition) is 0. The van der Waals surface area contributed by atoms with Gasteiger partial charge in [0.25, 0.3) is 0 Å². The second-order valence-electron chi connectivity index (χ2n) is 4.30. The summed E-state index contributed by atoms with van der Waals surface area (Å²) in [5, 5.41) is 0. The molecule has 1 aromatic carbocycles. The number of benzene rings is 1. The van der Waals surface area contributed by atoms with Crippen molar-refractivity contribution in [1.82, 2.24) is 0 Å². The van der Waals surface area contributed by atoms with Crippen molar-refractivity contribution in [1.29, 1.82) is 0 Å². The van der Waals surface area contributed by atoms with E-state index in [-0.39, 0.29) is 5.41 Å². The zero-order chi connectivity index (χ0) is 10.1. The molecule has 13 heavy (non-hydrogen) atoms. The van der Waals surface area contributed by atoms with Crippen molar-refractivity contribution < 1.29 is 4.43 Å². The number of rotatable bonds is 1. The lowest BCUT2D eigenvalue weighted by Crippen LogP contribution is -2.14. The van der Waals surface area contributed by atoms with Gasteiger partial charge in [0.05, 0.1) is 0 Å². The van der Waals surface area contributed by atoms with Gasteiger partial charge < -0.3 is 4.43 Å². The van der Waals surface area contributed by atoms with Crippen LogP contribution in [-0.4, -0.2) is 10.5 Å².